The Morgan fingerprint density at radius 1 is 1.03 bits per heavy atom. The molecule has 0 saturated carbocycles. The van der Waals surface area contributed by atoms with Gasteiger partial charge < -0.3 is 20.1 Å². The van der Waals surface area contributed by atoms with Crippen molar-refractivity contribution in [2.45, 2.75) is 45.1 Å². The number of methoxy groups -OCH3 is 1. The second-order valence-electron chi connectivity index (χ2n) is 7.56. The summed E-state index contributed by atoms with van der Waals surface area (Å²) < 4.78 is 5.08. The highest BCUT2D eigenvalue weighted by Gasteiger charge is 2.28. The number of carbonyl (C=O) groups excluding carboxylic acids is 2. The molecule has 2 aromatic carbocycles. The number of carboxylic acids is 1. The lowest BCUT2D eigenvalue weighted by molar-refractivity contribution is -0.142. The third-order valence-electron chi connectivity index (χ3n) is 5.11. The number of ether oxygens (including phenoxy) is 1. The van der Waals surface area contributed by atoms with Gasteiger partial charge in [-0.1, -0.05) is 50.1 Å². The van der Waals surface area contributed by atoms with Crippen LogP contribution in [0.15, 0.2) is 42.5 Å². The number of hydrogen-bond acceptors (Lipinski definition) is 4. The van der Waals surface area contributed by atoms with Gasteiger partial charge in [-0.05, 0) is 35.7 Å². The molecule has 0 heterocycles. The van der Waals surface area contributed by atoms with Crippen molar-refractivity contribution in [3.63, 3.8) is 0 Å². The van der Waals surface area contributed by atoms with Crippen LogP contribution in [0.5, 0.6) is 0 Å². The summed E-state index contributed by atoms with van der Waals surface area (Å²) in [5.41, 5.74) is 0.388. The number of nitrogens with one attached hydrogen (secondary N) is 1. The topological polar surface area (TPSA) is 95.9 Å². The van der Waals surface area contributed by atoms with Crippen LogP contribution in [0.2, 0.25) is 0 Å². The number of carbonyl (C=O) groups is 3. The molecule has 1 atom stereocenters. The fourth-order valence-corrected chi connectivity index (χ4v) is 3.45. The maximum absolute atomic E-state index is 13.2. The molecule has 7 nitrogen and oxygen atoms in total. The molecule has 1 unspecified atom stereocenters. The molecule has 168 valence electrons. The Labute approximate surface area is 183 Å². The monoisotopic (exact) mass is 428 g/mol. The van der Waals surface area contributed by atoms with Crippen LogP contribution in [-0.4, -0.2) is 60.6 Å². The largest absolute Gasteiger partial charge is 0.481 e. The van der Waals surface area contributed by atoms with Gasteiger partial charge in [0.2, 0.25) is 5.91 Å². The molecule has 0 aromatic heterocycles. The highest BCUT2D eigenvalue weighted by Crippen LogP contribution is 2.16. The zero-order valence-corrected chi connectivity index (χ0v) is 18.3. The molecule has 0 aliphatic heterocycles. The molecule has 2 amide bonds. The standard InChI is InChI=1S/C24H32N2O5/c1-3-4-7-13-26(14-8-15-31-2)24(30)21(17-22(27)28)25-23(29)20-12-11-18-9-5-6-10-19(18)16-20/h5-6,9-12,16,21H,3-4,7-8,13-15,17H2,1-2H3,(H,25,29)(H,27,28). The van der Waals surface area contributed by atoms with Crippen molar-refractivity contribution < 1.29 is 24.2 Å². The lowest BCUT2D eigenvalue weighted by atomic mass is 10.1. The molecule has 2 aromatic rings. The zero-order chi connectivity index (χ0) is 22.6. The van der Waals surface area contributed by atoms with Gasteiger partial charge in [0, 0.05) is 32.4 Å². The van der Waals surface area contributed by atoms with E-state index in [0.717, 1.165) is 30.0 Å². The molecule has 0 bridgehead atoms. The number of fused-ring (bicyclic) bond motifs is 1. The molecule has 0 aliphatic carbocycles. The number of carboxylic acid groups (broad SMARTS) is 1. The van der Waals surface area contributed by atoms with Gasteiger partial charge in [-0.25, -0.2) is 0 Å². The van der Waals surface area contributed by atoms with Gasteiger partial charge >= 0.3 is 5.97 Å². The van der Waals surface area contributed by atoms with E-state index in [2.05, 4.69) is 12.2 Å². The predicted molar refractivity (Wildman–Crippen MR) is 120 cm³/mol. The molecular weight excluding hydrogens is 396 g/mol. The number of hydrogen-bond donors (Lipinski definition) is 2. The first-order chi connectivity index (χ1) is 15.0. The highest BCUT2D eigenvalue weighted by molar-refractivity contribution is 6.01. The second-order valence-corrected chi connectivity index (χ2v) is 7.56. The summed E-state index contributed by atoms with van der Waals surface area (Å²) in [5, 5.41) is 13.9. The lowest BCUT2D eigenvalue weighted by Crippen LogP contribution is -2.50. The smallest absolute Gasteiger partial charge is 0.305 e. The Bertz CT molecular complexity index is 873. The number of benzene rings is 2. The van der Waals surface area contributed by atoms with E-state index in [1.54, 1.807) is 24.1 Å². The van der Waals surface area contributed by atoms with Gasteiger partial charge in [0.25, 0.3) is 5.91 Å². The van der Waals surface area contributed by atoms with Crippen LogP contribution >= 0.6 is 0 Å². The maximum Gasteiger partial charge on any atom is 0.305 e. The fourth-order valence-electron chi connectivity index (χ4n) is 3.45. The summed E-state index contributed by atoms with van der Waals surface area (Å²) in [7, 11) is 1.60. The molecule has 2 N–H and O–H groups in total. The molecule has 0 aliphatic rings. The summed E-state index contributed by atoms with van der Waals surface area (Å²) in [5.74, 6) is -1.97. The van der Waals surface area contributed by atoms with Crippen LogP contribution in [0, 0.1) is 0 Å². The third-order valence-corrected chi connectivity index (χ3v) is 5.11. The zero-order valence-electron chi connectivity index (χ0n) is 18.3. The molecule has 0 radical (unpaired) electrons. The Morgan fingerprint density at radius 2 is 1.74 bits per heavy atom. The van der Waals surface area contributed by atoms with Crippen LogP contribution in [0.1, 0.15) is 49.4 Å². The molecule has 0 fully saturated rings. The predicted octanol–water partition coefficient (Wildman–Crippen LogP) is 3.47. The van der Waals surface area contributed by atoms with Crippen molar-refractivity contribution in [1.82, 2.24) is 10.2 Å². The molecule has 0 saturated heterocycles. The first kappa shape index (κ1) is 24.3. The highest BCUT2D eigenvalue weighted by atomic mass is 16.5. The second kappa shape index (κ2) is 12.7. The van der Waals surface area contributed by atoms with E-state index in [9.17, 15) is 19.5 Å². The molecule has 31 heavy (non-hydrogen) atoms. The minimum absolute atomic E-state index is 0.372. The van der Waals surface area contributed by atoms with Crippen LogP contribution in [0.25, 0.3) is 10.8 Å². The van der Waals surface area contributed by atoms with Gasteiger partial charge in [0.15, 0.2) is 0 Å². The third kappa shape index (κ3) is 7.68. The summed E-state index contributed by atoms with van der Waals surface area (Å²) in [4.78, 5) is 39.0. The van der Waals surface area contributed by atoms with Gasteiger partial charge in [-0.15, -0.1) is 0 Å². The average molecular weight is 429 g/mol. The van der Waals surface area contributed by atoms with E-state index in [1.807, 2.05) is 30.3 Å². The molecule has 0 spiro atoms. The first-order valence-corrected chi connectivity index (χ1v) is 10.8. The van der Waals surface area contributed by atoms with Gasteiger partial charge in [0.05, 0.1) is 6.42 Å². The summed E-state index contributed by atoms with van der Waals surface area (Å²) in [6.45, 7) is 3.56. The minimum atomic E-state index is -1.14. The van der Waals surface area contributed by atoms with Crippen molar-refractivity contribution in [2.24, 2.45) is 0 Å². The molecular formula is C24H32N2O5. The Kier molecular flexibility index (Phi) is 9.97. The minimum Gasteiger partial charge on any atom is -0.481 e. The van der Waals surface area contributed by atoms with Gasteiger partial charge in [-0.2, -0.15) is 0 Å². The Balaban J connectivity index is 2.16. The average Bonchev–Trinajstić information content (AvgIpc) is 2.76. The number of unbranched alkanes of at least 4 members (excludes halogenated alkanes) is 2. The maximum atomic E-state index is 13.2. The quantitative estimate of drug-likeness (QED) is 0.476. The fraction of sp³-hybridized carbons (Fsp3) is 0.458. The number of aliphatic carboxylic acids is 1. The lowest BCUT2D eigenvalue weighted by Gasteiger charge is -2.27. The molecule has 2 rings (SSSR count). The van der Waals surface area contributed by atoms with E-state index < -0.39 is 24.3 Å². The number of nitrogens with zero attached hydrogens (tertiary/aromatic N) is 1. The van der Waals surface area contributed by atoms with E-state index >= 15 is 0 Å². The van der Waals surface area contributed by atoms with Crippen LogP contribution in [-0.2, 0) is 14.3 Å². The van der Waals surface area contributed by atoms with Crippen LogP contribution in [0.4, 0.5) is 0 Å². The SMILES string of the molecule is CCCCCN(CCCOC)C(=O)C(CC(=O)O)NC(=O)c1ccc2ccccc2c1. The summed E-state index contributed by atoms with van der Waals surface area (Å²) in [6, 6.07) is 11.8. The van der Waals surface area contributed by atoms with Crippen LogP contribution in [0.3, 0.4) is 0 Å². The van der Waals surface area contributed by atoms with Gasteiger partial charge in [0.1, 0.15) is 6.04 Å². The number of rotatable bonds is 13. The van der Waals surface area contributed by atoms with Crippen molar-refractivity contribution >= 4 is 28.6 Å². The van der Waals surface area contributed by atoms with Gasteiger partial charge in [-0.3, -0.25) is 14.4 Å². The van der Waals surface area contributed by atoms with Crippen molar-refractivity contribution in [3.05, 3.63) is 48.0 Å². The van der Waals surface area contributed by atoms with Crippen molar-refractivity contribution in [2.75, 3.05) is 26.8 Å². The van der Waals surface area contributed by atoms with Crippen molar-refractivity contribution in [3.8, 4) is 0 Å². The Hall–Kier alpha value is -2.93. The summed E-state index contributed by atoms with van der Waals surface area (Å²) in [6.07, 6.45) is 2.99. The normalized spacial score (nSPS) is 11.8. The number of amides is 2. The van der Waals surface area contributed by atoms with E-state index in [0.29, 0.717) is 31.7 Å². The summed E-state index contributed by atoms with van der Waals surface area (Å²) >= 11 is 0. The van der Waals surface area contributed by atoms with Crippen LogP contribution < -0.4 is 5.32 Å². The van der Waals surface area contributed by atoms with Crippen molar-refractivity contribution in [1.29, 1.82) is 0 Å². The van der Waals surface area contributed by atoms with E-state index in [1.165, 1.54) is 0 Å². The van der Waals surface area contributed by atoms with E-state index in [4.69, 9.17) is 4.74 Å². The molecule has 7 heteroatoms. The first-order valence-electron chi connectivity index (χ1n) is 10.8. The van der Waals surface area contributed by atoms with E-state index in [-0.39, 0.29) is 5.91 Å². The Morgan fingerprint density at radius 3 is 2.42 bits per heavy atom.